The molecule has 0 saturated heterocycles. The highest BCUT2D eigenvalue weighted by atomic mass is 16.5. The predicted molar refractivity (Wildman–Crippen MR) is 141 cm³/mol. The number of furan rings is 1. The molecule has 0 aliphatic heterocycles. The lowest BCUT2D eigenvalue weighted by atomic mass is 10.0. The standard InChI is InChI=1S/C29H34N2O7/c1-34-22-12-7-9-19(15-22)18-31(29(33)23-13-8-14-38-23)26(28(32)30-21-10-5-6-11-21)20-16-24(35-2)27(37-4)25(17-20)36-3/h7-9,12-17,21,26H,5-6,10-11,18H2,1-4H3,(H,30,32)/t26-/m0/s1. The summed E-state index contributed by atoms with van der Waals surface area (Å²) in [7, 11) is 6.12. The van der Waals surface area contributed by atoms with Gasteiger partial charge in [-0.15, -0.1) is 0 Å². The van der Waals surface area contributed by atoms with Gasteiger partial charge in [-0.2, -0.15) is 0 Å². The van der Waals surface area contributed by atoms with Crippen molar-refractivity contribution >= 4 is 11.8 Å². The molecule has 1 saturated carbocycles. The maximum atomic E-state index is 14.0. The maximum absolute atomic E-state index is 14.0. The number of methoxy groups -OCH3 is 4. The van der Waals surface area contributed by atoms with Crippen LogP contribution in [0.15, 0.2) is 59.2 Å². The van der Waals surface area contributed by atoms with Gasteiger partial charge in [0.15, 0.2) is 17.3 Å². The van der Waals surface area contributed by atoms with E-state index >= 15 is 0 Å². The Kier molecular flexibility index (Phi) is 8.78. The molecule has 1 N–H and O–H groups in total. The van der Waals surface area contributed by atoms with E-state index in [1.165, 1.54) is 32.5 Å². The molecule has 9 nitrogen and oxygen atoms in total. The summed E-state index contributed by atoms with van der Waals surface area (Å²) in [4.78, 5) is 29.4. The molecule has 1 aliphatic rings. The molecule has 0 bridgehead atoms. The van der Waals surface area contributed by atoms with Gasteiger partial charge >= 0.3 is 0 Å². The summed E-state index contributed by atoms with van der Waals surface area (Å²) >= 11 is 0. The van der Waals surface area contributed by atoms with Crippen LogP contribution in [0.3, 0.4) is 0 Å². The van der Waals surface area contributed by atoms with Crippen molar-refractivity contribution in [2.75, 3.05) is 28.4 Å². The first kappa shape index (κ1) is 26.9. The smallest absolute Gasteiger partial charge is 0.290 e. The second-order valence-electron chi connectivity index (χ2n) is 9.11. The number of amides is 2. The van der Waals surface area contributed by atoms with E-state index in [4.69, 9.17) is 23.4 Å². The molecule has 0 unspecified atom stereocenters. The quantitative estimate of drug-likeness (QED) is 0.388. The number of carbonyl (C=O) groups excluding carboxylic acids is 2. The van der Waals surface area contributed by atoms with Crippen molar-refractivity contribution in [3.05, 3.63) is 71.7 Å². The van der Waals surface area contributed by atoms with Gasteiger partial charge in [-0.1, -0.05) is 25.0 Å². The maximum Gasteiger partial charge on any atom is 0.290 e. The molecule has 1 aliphatic carbocycles. The van der Waals surface area contributed by atoms with Crippen LogP contribution in [-0.4, -0.2) is 51.2 Å². The highest BCUT2D eigenvalue weighted by Crippen LogP contribution is 2.41. The van der Waals surface area contributed by atoms with Crippen molar-refractivity contribution in [2.24, 2.45) is 0 Å². The van der Waals surface area contributed by atoms with Crippen LogP contribution in [0.2, 0.25) is 0 Å². The van der Waals surface area contributed by atoms with Gasteiger partial charge in [-0.25, -0.2) is 0 Å². The molecule has 1 aromatic heterocycles. The number of carbonyl (C=O) groups is 2. The second kappa shape index (κ2) is 12.4. The first-order valence-electron chi connectivity index (χ1n) is 12.6. The van der Waals surface area contributed by atoms with E-state index in [2.05, 4.69) is 5.32 Å². The minimum Gasteiger partial charge on any atom is -0.497 e. The highest BCUT2D eigenvalue weighted by molar-refractivity contribution is 5.96. The number of hydrogen-bond acceptors (Lipinski definition) is 7. The van der Waals surface area contributed by atoms with Crippen molar-refractivity contribution in [1.29, 1.82) is 0 Å². The largest absolute Gasteiger partial charge is 0.497 e. The number of nitrogens with one attached hydrogen (secondary N) is 1. The Labute approximate surface area is 222 Å². The number of rotatable bonds is 11. The fraction of sp³-hybridized carbons (Fsp3) is 0.379. The molecule has 0 radical (unpaired) electrons. The summed E-state index contributed by atoms with van der Waals surface area (Å²) in [5, 5.41) is 3.17. The van der Waals surface area contributed by atoms with Crippen LogP contribution >= 0.6 is 0 Å². The molecular weight excluding hydrogens is 488 g/mol. The fourth-order valence-corrected chi connectivity index (χ4v) is 4.87. The van der Waals surface area contributed by atoms with Crippen LogP contribution in [0.1, 0.15) is 53.4 Å². The Morgan fingerprint density at radius 1 is 0.947 bits per heavy atom. The first-order valence-corrected chi connectivity index (χ1v) is 12.6. The van der Waals surface area contributed by atoms with E-state index in [0.29, 0.717) is 28.6 Å². The molecule has 38 heavy (non-hydrogen) atoms. The van der Waals surface area contributed by atoms with Crippen LogP contribution in [-0.2, 0) is 11.3 Å². The summed E-state index contributed by atoms with van der Waals surface area (Å²) in [6.45, 7) is 0.121. The average molecular weight is 523 g/mol. The predicted octanol–water partition coefficient (Wildman–Crippen LogP) is 4.76. The average Bonchev–Trinajstić information content (AvgIpc) is 3.66. The SMILES string of the molecule is COc1cccc(CN(C(=O)c2ccco2)[C@H](C(=O)NC2CCCC2)c2cc(OC)c(OC)c(OC)c2)c1. The van der Waals surface area contributed by atoms with Crippen molar-refractivity contribution < 1.29 is 33.0 Å². The van der Waals surface area contributed by atoms with Crippen molar-refractivity contribution in [3.63, 3.8) is 0 Å². The second-order valence-corrected chi connectivity index (χ2v) is 9.11. The summed E-state index contributed by atoms with van der Waals surface area (Å²) in [5.74, 6) is 1.20. The summed E-state index contributed by atoms with van der Waals surface area (Å²) in [6, 6.07) is 13.0. The number of nitrogens with zero attached hydrogens (tertiary/aromatic N) is 1. The summed E-state index contributed by atoms with van der Waals surface area (Å²) in [6.07, 6.45) is 5.34. The highest BCUT2D eigenvalue weighted by Gasteiger charge is 2.36. The van der Waals surface area contributed by atoms with Crippen molar-refractivity contribution in [3.8, 4) is 23.0 Å². The number of ether oxygens (including phenoxy) is 4. The van der Waals surface area contributed by atoms with E-state index in [-0.39, 0.29) is 24.3 Å². The number of hydrogen-bond donors (Lipinski definition) is 1. The van der Waals surface area contributed by atoms with Gasteiger partial charge in [0.1, 0.15) is 11.8 Å². The molecule has 1 heterocycles. The lowest BCUT2D eigenvalue weighted by Gasteiger charge is -2.32. The zero-order valence-electron chi connectivity index (χ0n) is 22.2. The van der Waals surface area contributed by atoms with Crippen LogP contribution < -0.4 is 24.3 Å². The van der Waals surface area contributed by atoms with E-state index in [1.54, 1.807) is 31.4 Å². The van der Waals surface area contributed by atoms with Crippen molar-refractivity contribution in [1.82, 2.24) is 10.2 Å². The van der Waals surface area contributed by atoms with Gasteiger partial charge in [0.25, 0.3) is 5.91 Å². The fourth-order valence-electron chi connectivity index (χ4n) is 4.87. The molecular formula is C29H34N2O7. The Morgan fingerprint density at radius 2 is 1.66 bits per heavy atom. The Bertz CT molecular complexity index is 1210. The van der Waals surface area contributed by atoms with Crippen LogP contribution in [0.25, 0.3) is 0 Å². The number of benzene rings is 2. The van der Waals surface area contributed by atoms with Crippen LogP contribution in [0.4, 0.5) is 0 Å². The van der Waals surface area contributed by atoms with E-state index < -0.39 is 11.9 Å². The lowest BCUT2D eigenvalue weighted by molar-refractivity contribution is -0.126. The molecule has 1 fully saturated rings. The zero-order valence-corrected chi connectivity index (χ0v) is 22.2. The van der Waals surface area contributed by atoms with Gasteiger partial charge < -0.3 is 33.6 Å². The summed E-state index contributed by atoms with van der Waals surface area (Å²) in [5.41, 5.74) is 1.30. The molecule has 3 aromatic rings. The third-order valence-corrected chi connectivity index (χ3v) is 6.74. The molecule has 9 heteroatoms. The van der Waals surface area contributed by atoms with E-state index in [9.17, 15) is 9.59 Å². The normalized spacial score (nSPS) is 14.0. The first-order chi connectivity index (χ1) is 18.5. The van der Waals surface area contributed by atoms with Crippen LogP contribution in [0.5, 0.6) is 23.0 Å². The van der Waals surface area contributed by atoms with Gasteiger partial charge in [0.2, 0.25) is 11.7 Å². The third kappa shape index (κ3) is 5.88. The zero-order chi connectivity index (χ0) is 27.1. The van der Waals surface area contributed by atoms with Gasteiger partial charge in [-0.05, 0) is 60.4 Å². The van der Waals surface area contributed by atoms with E-state index in [0.717, 1.165) is 31.2 Å². The molecule has 202 valence electrons. The summed E-state index contributed by atoms with van der Waals surface area (Å²) < 4.78 is 27.5. The minimum absolute atomic E-state index is 0.0458. The van der Waals surface area contributed by atoms with Gasteiger partial charge in [0, 0.05) is 12.6 Å². The minimum atomic E-state index is -1.02. The molecule has 1 atom stereocenters. The Morgan fingerprint density at radius 3 is 2.24 bits per heavy atom. The van der Waals surface area contributed by atoms with E-state index in [1.807, 2.05) is 24.3 Å². The van der Waals surface area contributed by atoms with Crippen LogP contribution in [0, 0.1) is 0 Å². The van der Waals surface area contributed by atoms with Gasteiger partial charge in [-0.3, -0.25) is 9.59 Å². The molecule has 2 aromatic carbocycles. The molecule has 4 rings (SSSR count). The topological polar surface area (TPSA) is 99.5 Å². The third-order valence-electron chi connectivity index (χ3n) is 6.74. The Hall–Kier alpha value is -4.14. The van der Waals surface area contributed by atoms with Crippen molar-refractivity contribution in [2.45, 2.75) is 44.3 Å². The molecule has 0 spiro atoms. The van der Waals surface area contributed by atoms with Gasteiger partial charge in [0.05, 0.1) is 34.7 Å². The monoisotopic (exact) mass is 522 g/mol. The molecule has 2 amide bonds. The Balaban J connectivity index is 1.85. The lowest BCUT2D eigenvalue weighted by Crippen LogP contribution is -2.45.